The smallest absolute Gasteiger partial charge is 0.331 e. The number of nitro groups is 1. The second-order valence-corrected chi connectivity index (χ2v) is 5.56. The highest BCUT2D eigenvalue weighted by molar-refractivity contribution is 5.95. The molecular weight excluding hydrogens is 366 g/mol. The molecule has 2 aromatic rings. The molecule has 9 heteroatoms. The zero-order chi connectivity index (χ0) is 20.5. The van der Waals surface area contributed by atoms with Gasteiger partial charge < -0.3 is 15.4 Å². The van der Waals surface area contributed by atoms with Gasteiger partial charge in [0, 0.05) is 30.4 Å². The summed E-state index contributed by atoms with van der Waals surface area (Å²) in [7, 11) is 0. The molecule has 0 heterocycles. The maximum absolute atomic E-state index is 11.8. The fourth-order valence-electron chi connectivity index (χ4n) is 2.17. The van der Waals surface area contributed by atoms with Gasteiger partial charge in [-0.1, -0.05) is 12.1 Å². The summed E-state index contributed by atoms with van der Waals surface area (Å²) in [5.41, 5.74) is 1.14. The van der Waals surface area contributed by atoms with Crippen LogP contribution in [0.1, 0.15) is 12.5 Å². The lowest BCUT2D eigenvalue weighted by atomic mass is 10.1. The van der Waals surface area contributed by atoms with Crippen LogP contribution in [0.3, 0.4) is 0 Å². The quantitative estimate of drug-likeness (QED) is 0.327. The molecule has 0 atom stereocenters. The van der Waals surface area contributed by atoms with Gasteiger partial charge in [0.05, 0.1) is 10.5 Å². The average molecular weight is 383 g/mol. The second-order valence-electron chi connectivity index (χ2n) is 5.56. The first-order chi connectivity index (χ1) is 13.3. The first kappa shape index (κ1) is 20.3. The van der Waals surface area contributed by atoms with Gasteiger partial charge in [-0.15, -0.1) is 0 Å². The van der Waals surface area contributed by atoms with Gasteiger partial charge in [0.25, 0.3) is 11.6 Å². The van der Waals surface area contributed by atoms with E-state index in [2.05, 4.69) is 10.6 Å². The molecule has 2 N–H and O–H groups in total. The van der Waals surface area contributed by atoms with E-state index in [0.717, 1.165) is 6.08 Å². The molecule has 0 aliphatic rings. The van der Waals surface area contributed by atoms with E-state index in [1.807, 2.05) is 0 Å². The van der Waals surface area contributed by atoms with Crippen molar-refractivity contribution in [3.8, 4) is 0 Å². The molecule has 144 valence electrons. The van der Waals surface area contributed by atoms with Crippen LogP contribution in [0.5, 0.6) is 0 Å². The molecule has 0 aliphatic heterocycles. The highest BCUT2D eigenvalue weighted by Crippen LogP contribution is 2.19. The van der Waals surface area contributed by atoms with Crippen molar-refractivity contribution in [2.45, 2.75) is 6.92 Å². The lowest BCUT2D eigenvalue weighted by Crippen LogP contribution is -2.20. The van der Waals surface area contributed by atoms with E-state index in [0.29, 0.717) is 11.4 Å². The zero-order valence-corrected chi connectivity index (χ0v) is 14.9. The van der Waals surface area contributed by atoms with Crippen molar-refractivity contribution < 1.29 is 24.0 Å². The number of esters is 1. The summed E-state index contributed by atoms with van der Waals surface area (Å²) >= 11 is 0. The number of para-hydroxylation sites is 1. The average Bonchev–Trinajstić information content (AvgIpc) is 2.66. The highest BCUT2D eigenvalue weighted by atomic mass is 16.6. The van der Waals surface area contributed by atoms with E-state index in [4.69, 9.17) is 4.74 Å². The zero-order valence-electron chi connectivity index (χ0n) is 14.9. The van der Waals surface area contributed by atoms with Gasteiger partial charge in [0.1, 0.15) is 0 Å². The summed E-state index contributed by atoms with van der Waals surface area (Å²) in [6, 6.07) is 12.3. The van der Waals surface area contributed by atoms with Crippen molar-refractivity contribution in [1.29, 1.82) is 0 Å². The number of amides is 2. The van der Waals surface area contributed by atoms with Crippen LogP contribution < -0.4 is 10.6 Å². The van der Waals surface area contributed by atoms with Crippen LogP contribution in [0.15, 0.2) is 54.6 Å². The number of anilines is 2. The van der Waals surface area contributed by atoms with Gasteiger partial charge in [-0.25, -0.2) is 4.79 Å². The van der Waals surface area contributed by atoms with Crippen molar-refractivity contribution in [3.05, 3.63) is 70.3 Å². The normalized spacial score (nSPS) is 10.3. The van der Waals surface area contributed by atoms with Gasteiger partial charge in [-0.3, -0.25) is 19.7 Å². The van der Waals surface area contributed by atoms with Gasteiger partial charge in [0.2, 0.25) is 5.91 Å². The third kappa shape index (κ3) is 6.37. The van der Waals surface area contributed by atoms with Crippen molar-refractivity contribution in [2.24, 2.45) is 0 Å². The lowest BCUT2D eigenvalue weighted by Gasteiger charge is -2.07. The van der Waals surface area contributed by atoms with Gasteiger partial charge in [-0.05, 0) is 36.4 Å². The minimum atomic E-state index is -0.811. The number of ether oxygens (including phenoxy) is 1. The first-order valence-electron chi connectivity index (χ1n) is 8.11. The minimum Gasteiger partial charge on any atom is -0.452 e. The van der Waals surface area contributed by atoms with E-state index >= 15 is 0 Å². The Morgan fingerprint density at radius 1 is 1.04 bits per heavy atom. The Morgan fingerprint density at radius 2 is 1.64 bits per heavy atom. The molecule has 9 nitrogen and oxygen atoms in total. The fourth-order valence-corrected chi connectivity index (χ4v) is 2.17. The molecule has 0 spiro atoms. The van der Waals surface area contributed by atoms with Gasteiger partial charge >= 0.3 is 5.97 Å². The number of carbonyl (C=O) groups excluding carboxylic acids is 3. The molecule has 0 aliphatic carbocycles. The van der Waals surface area contributed by atoms with Crippen LogP contribution in [0.25, 0.3) is 6.08 Å². The molecule has 28 heavy (non-hydrogen) atoms. The number of rotatable bonds is 7. The van der Waals surface area contributed by atoms with Gasteiger partial charge in [-0.2, -0.15) is 0 Å². The van der Waals surface area contributed by atoms with E-state index < -0.39 is 23.4 Å². The number of hydrogen-bond donors (Lipinski definition) is 2. The Hall–Kier alpha value is -4.01. The predicted molar refractivity (Wildman–Crippen MR) is 102 cm³/mol. The maximum Gasteiger partial charge on any atom is 0.331 e. The molecule has 0 saturated carbocycles. The molecule has 0 unspecified atom stereocenters. The minimum absolute atomic E-state index is 0.146. The molecule has 0 saturated heterocycles. The maximum atomic E-state index is 11.8. The Balaban J connectivity index is 1.85. The Bertz CT molecular complexity index is 922. The number of hydrogen-bond acceptors (Lipinski definition) is 6. The lowest BCUT2D eigenvalue weighted by molar-refractivity contribution is -0.385. The Kier molecular flexibility index (Phi) is 6.98. The molecule has 0 radical (unpaired) electrons. The largest absolute Gasteiger partial charge is 0.452 e. The third-order valence-electron chi connectivity index (χ3n) is 3.37. The first-order valence-corrected chi connectivity index (χ1v) is 8.11. The van der Waals surface area contributed by atoms with Crippen LogP contribution in [0, 0.1) is 10.1 Å². The van der Waals surface area contributed by atoms with Crippen molar-refractivity contribution >= 4 is 40.9 Å². The number of nitrogens with zero attached hydrogens (tertiary/aromatic N) is 1. The summed E-state index contributed by atoms with van der Waals surface area (Å²) in [4.78, 5) is 44.8. The summed E-state index contributed by atoms with van der Waals surface area (Å²) < 4.78 is 4.81. The Morgan fingerprint density at radius 3 is 2.25 bits per heavy atom. The van der Waals surface area contributed by atoms with Crippen LogP contribution in [0.4, 0.5) is 17.1 Å². The van der Waals surface area contributed by atoms with Crippen molar-refractivity contribution in [2.75, 3.05) is 17.2 Å². The number of carbonyl (C=O) groups is 3. The molecule has 2 rings (SSSR count). The van der Waals surface area contributed by atoms with E-state index in [1.165, 1.54) is 31.2 Å². The number of nitrogens with one attached hydrogen (secondary N) is 2. The molecule has 0 aromatic heterocycles. The molecule has 2 amide bonds. The number of nitro benzene ring substituents is 1. The summed E-state index contributed by atoms with van der Waals surface area (Å²) in [6.07, 6.45) is 2.26. The van der Waals surface area contributed by atoms with Crippen LogP contribution in [-0.4, -0.2) is 29.3 Å². The van der Waals surface area contributed by atoms with Crippen LogP contribution >= 0.6 is 0 Å². The number of benzene rings is 2. The fraction of sp³-hybridized carbons (Fsp3) is 0.105. The summed E-state index contributed by atoms with van der Waals surface area (Å²) in [5, 5.41) is 16.0. The van der Waals surface area contributed by atoms with E-state index in [-0.39, 0.29) is 17.2 Å². The SMILES string of the molecule is CC(=O)Nc1ccc(NC(=O)COC(=O)/C=C/c2ccccc2[N+](=O)[O-])cc1. The van der Waals surface area contributed by atoms with Crippen LogP contribution in [0.2, 0.25) is 0 Å². The Labute approximate surface area is 160 Å². The highest BCUT2D eigenvalue weighted by Gasteiger charge is 2.10. The molecule has 2 aromatic carbocycles. The molecule has 0 fully saturated rings. The summed E-state index contributed by atoms with van der Waals surface area (Å²) in [5.74, 6) is -1.58. The summed E-state index contributed by atoms with van der Waals surface area (Å²) in [6.45, 7) is 0.863. The van der Waals surface area contributed by atoms with E-state index in [1.54, 1.807) is 30.3 Å². The van der Waals surface area contributed by atoms with Gasteiger partial charge in [0.15, 0.2) is 6.61 Å². The standard InChI is InChI=1S/C19H17N3O6/c1-13(23)20-15-7-9-16(10-8-15)21-18(24)12-28-19(25)11-6-14-4-2-3-5-17(14)22(26)27/h2-11H,12H2,1H3,(H,20,23)(H,21,24)/b11-6+. The van der Waals surface area contributed by atoms with E-state index in [9.17, 15) is 24.5 Å². The molecule has 0 bridgehead atoms. The monoisotopic (exact) mass is 383 g/mol. The third-order valence-corrected chi connectivity index (χ3v) is 3.37. The van der Waals surface area contributed by atoms with Crippen LogP contribution in [-0.2, 0) is 19.1 Å². The second kappa shape index (κ2) is 9.62. The van der Waals surface area contributed by atoms with Crippen molar-refractivity contribution in [1.82, 2.24) is 0 Å². The topological polar surface area (TPSA) is 128 Å². The predicted octanol–water partition coefficient (Wildman–Crippen LogP) is 2.75. The van der Waals surface area contributed by atoms with Crippen molar-refractivity contribution in [3.63, 3.8) is 0 Å². The molecular formula is C19H17N3O6.